The van der Waals surface area contributed by atoms with Crippen molar-refractivity contribution < 1.29 is 18.0 Å². The van der Waals surface area contributed by atoms with Crippen LogP contribution in [0, 0.1) is 0 Å². The summed E-state index contributed by atoms with van der Waals surface area (Å²) in [5.41, 5.74) is -0.685. The van der Waals surface area contributed by atoms with Crippen LogP contribution in [0.4, 0.5) is 18.9 Å². The van der Waals surface area contributed by atoms with Crippen LogP contribution in [0.5, 0.6) is 0 Å². The summed E-state index contributed by atoms with van der Waals surface area (Å²) in [4.78, 5) is 12.7. The number of benzene rings is 1. The van der Waals surface area contributed by atoms with E-state index in [0.717, 1.165) is 23.0 Å². The first-order chi connectivity index (χ1) is 12.2. The Hall–Kier alpha value is -2.49. The number of hydrogen-bond acceptors (Lipinski definition) is 5. The molecule has 0 saturated heterocycles. The van der Waals surface area contributed by atoms with Gasteiger partial charge in [0.05, 0.1) is 5.56 Å². The number of hydrogen-bond donors (Lipinski definition) is 1. The molecule has 0 spiro atoms. The van der Waals surface area contributed by atoms with E-state index in [9.17, 15) is 18.0 Å². The zero-order chi connectivity index (χ0) is 18.9. The lowest BCUT2D eigenvalue weighted by Gasteiger charge is -2.09. The van der Waals surface area contributed by atoms with Crippen LogP contribution in [0.3, 0.4) is 0 Å². The van der Waals surface area contributed by atoms with Crippen molar-refractivity contribution in [2.24, 2.45) is 0 Å². The second-order valence-electron chi connectivity index (χ2n) is 6.03. The molecule has 1 N–H and O–H groups in total. The van der Waals surface area contributed by atoms with Gasteiger partial charge < -0.3 is 5.32 Å². The summed E-state index contributed by atoms with van der Waals surface area (Å²) < 4.78 is 39.8. The molecule has 6 nitrogen and oxygen atoms in total. The normalized spacial score (nSPS) is 12.1. The van der Waals surface area contributed by atoms with Gasteiger partial charge in [-0.1, -0.05) is 31.3 Å². The van der Waals surface area contributed by atoms with E-state index in [0.29, 0.717) is 11.4 Å². The monoisotopic (exact) mass is 383 g/mol. The second-order valence-corrected chi connectivity index (χ2v) is 7.07. The van der Waals surface area contributed by atoms with Crippen LogP contribution < -0.4 is 5.32 Å². The Kier molecular flexibility index (Phi) is 4.94. The minimum Gasteiger partial charge on any atom is -0.326 e. The summed E-state index contributed by atoms with van der Waals surface area (Å²) in [5, 5.41) is 15.7. The molecule has 2 aromatic heterocycles. The van der Waals surface area contributed by atoms with Crippen LogP contribution in [0.1, 0.15) is 42.6 Å². The maximum absolute atomic E-state index is 12.7. The quantitative estimate of drug-likeness (QED) is 0.725. The summed E-state index contributed by atoms with van der Waals surface area (Å²) in [6.45, 7) is 3.97. The number of nitrogens with zero attached hydrogens (tertiary/aromatic N) is 4. The summed E-state index contributed by atoms with van der Waals surface area (Å²) in [6, 6.07) is 4.55. The summed E-state index contributed by atoms with van der Waals surface area (Å²) in [6.07, 6.45) is -3.97. The Morgan fingerprint density at radius 3 is 2.77 bits per heavy atom. The zero-order valence-electron chi connectivity index (χ0n) is 14.0. The molecule has 0 saturated carbocycles. The lowest BCUT2D eigenvalue weighted by molar-refractivity contribution is -0.137. The van der Waals surface area contributed by atoms with Crippen molar-refractivity contribution in [3.05, 3.63) is 40.7 Å². The molecule has 0 aliphatic heterocycles. The molecule has 26 heavy (non-hydrogen) atoms. The van der Waals surface area contributed by atoms with Gasteiger partial charge in [0.15, 0.2) is 5.82 Å². The number of anilines is 1. The number of rotatable bonds is 5. The van der Waals surface area contributed by atoms with Crippen molar-refractivity contribution in [2.75, 3.05) is 5.32 Å². The minimum absolute atomic E-state index is 0.108. The van der Waals surface area contributed by atoms with E-state index in [1.807, 2.05) is 13.8 Å². The van der Waals surface area contributed by atoms with E-state index in [-0.39, 0.29) is 23.9 Å². The zero-order valence-corrected chi connectivity index (χ0v) is 14.9. The van der Waals surface area contributed by atoms with Crippen LogP contribution >= 0.6 is 11.3 Å². The van der Waals surface area contributed by atoms with Gasteiger partial charge >= 0.3 is 6.18 Å². The van der Waals surface area contributed by atoms with E-state index >= 15 is 0 Å². The van der Waals surface area contributed by atoms with E-state index in [1.165, 1.54) is 23.5 Å². The first-order valence-electron chi connectivity index (χ1n) is 7.92. The van der Waals surface area contributed by atoms with Gasteiger partial charge in [-0.15, -0.1) is 10.2 Å². The van der Waals surface area contributed by atoms with Crippen molar-refractivity contribution in [1.82, 2.24) is 19.8 Å². The molecule has 1 aromatic carbocycles. The number of carbonyl (C=O) groups excluding carboxylic acids is 1. The van der Waals surface area contributed by atoms with Crippen LogP contribution in [0.2, 0.25) is 0 Å². The summed E-state index contributed by atoms with van der Waals surface area (Å²) in [5.74, 6) is 0.541. The van der Waals surface area contributed by atoms with Crippen molar-refractivity contribution in [2.45, 2.75) is 38.8 Å². The SMILES string of the molecule is CC(C)c1nnc2sc(CCC(=O)Nc3cccc(C(F)(F)F)c3)nn12. The fraction of sp³-hybridized carbons (Fsp3) is 0.375. The predicted octanol–water partition coefficient (Wildman–Crippen LogP) is 3.90. The number of nitrogens with one attached hydrogen (secondary N) is 1. The average Bonchev–Trinajstić information content (AvgIpc) is 3.12. The lowest BCUT2D eigenvalue weighted by Crippen LogP contribution is -2.13. The van der Waals surface area contributed by atoms with E-state index in [2.05, 4.69) is 20.6 Å². The van der Waals surface area contributed by atoms with Gasteiger partial charge in [-0.3, -0.25) is 4.79 Å². The molecule has 10 heteroatoms. The van der Waals surface area contributed by atoms with Gasteiger partial charge in [0.25, 0.3) is 0 Å². The predicted molar refractivity (Wildman–Crippen MR) is 91.1 cm³/mol. The minimum atomic E-state index is -4.45. The van der Waals surface area contributed by atoms with Gasteiger partial charge in [0, 0.05) is 24.4 Å². The number of fused-ring (bicyclic) bond motifs is 1. The number of carbonyl (C=O) groups is 1. The van der Waals surface area contributed by atoms with E-state index in [1.54, 1.807) is 4.52 Å². The highest BCUT2D eigenvalue weighted by Crippen LogP contribution is 2.30. The van der Waals surface area contributed by atoms with Gasteiger partial charge in [-0.25, -0.2) is 0 Å². The standard InChI is InChI=1S/C16H16F3N5OS/c1-9(2)14-21-22-15-24(14)23-13(26-15)7-6-12(25)20-11-5-3-4-10(8-11)16(17,18)19/h3-5,8-9H,6-7H2,1-2H3,(H,20,25). The lowest BCUT2D eigenvalue weighted by atomic mass is 10.2. The maximum atomic E-state index is 12.7. The molecule has 0 fully saturated rings. The third-order valence-corrected chi connectivity index (χ3v) is 4.57. The molecule has 0 radical (unpaired) electrons. The first-order valence-corrected chi connectivity index (χ1v) is 8.74. The molecule has 0 aliphatic rings. The Morgan fingerprint density at radius 2 is 2.08 bits per heavy atom. The maximum Gasteiger partial charge on any atom is 0.416 e. The fourth-order valence-electron chi connectivity index (χ4n) is 2.35. The molecule has 0 atom stereocenters. The van der Waals surface area contributed by atoms with Crippen LogP contribution in [0.15, 0.2) is 24.3 Å². The molecular formula is C16H16F3N5OS. The van der Waals surface area contributed by atoms with Crippen molar-refractivity contribution >= 4 is 27.9 Å². The second kappa shape index (κ2) is 7.02. The largest absolute Gasteiger partial charge is 0.416 e. The van der Waals surface area contributed by atoms with E-state index < -0.39 is 11.7 Å². The molecule has 3 aromatic rings. The van der Waals surface area contributed by atoms with Gasteiger partial charge in [-0.05, 0) is 18.2 Å². The van der Waals surface area contributed by atoms with Crippen molar-refractivity contribution in [3.8, 4) is 0 Å². The van der Waals surface area contributed by atoms with Gasteiger partial charge in [0.2, 0.25) is 10.9 Å². The smallest absolute Gasteiger partial charge is 0.326 e. The third kappa shape index (κ3) is 4.01. The number of alkyl halides is 3. The van der Waals surface area contributed by atoms with Crippen LogP contribution in [0.25, 0.3) is 4.96 Å². The van der Waals surface area contributed by atoms with E-state index in [4.69, 9.17) is 0 Å². The van der Waals surface area contributed by atoms with Gasteiger partial charge in [-0.2, -0.15) is 22.8 Å². The fourth-order valence-corrected chi connectivity index (χ4v) is 3.19. The Bertz CT molecular complexity index is 932. The molecule has 3 rings (SSSR count). The molecule has 0 unspecified atom stereocenters. The van der Waals surface area contributed by atoms with Crippen LogP contribution in [-0.4, -0.2) is 25.7 Å². The molecule has 2 heterocycles. The van der Waals surface area contributed by atoms with Gasteiger partial charge in [0.1, 0.15) is 5.01 Å². The number of halogens is 3. The average molecular weight is 383 g/mol. The third-order valence-electron chi connectivity index (χ3n) is 3.61. The molecule has 0 aliphatic carbocycles. The van der Waals surface area contributed by atoms with Crippen molar-refractivity contribution in [3.63, 3.8) is 0 Å². The Balaban J connectivity index is 1.62. The number of aryl methyl sites for hydroxylation is 1. The highest BCUT2D eigenvalue weighted by atomic mass is 32.1. The summed E-state index contributed by atoms with van der Waals surface area (Å²) >= 11 is 1.34. The highest BCUT2D eigenvalue weighted by Gasteiger charge is 2.30. The first kappa shape index (κ1) is 18.3. The summed E-state index contributed by atoms with van der Waals surface area (Å²) in [7, 11) is 0. The van der Waals surface area contributed by atoms with Crippen molar-refractivity contribution in [1.29, 1.82) is 0 Å². The topological polar surface area (TPSA) is 72.2 Å². The highest BCUT2D eigenvalue weighted by molar-refractivity contribution is 7.16. The van der Waals surface area contributed by atoms with Crippen LogP contribution in [-0.2, 0) is 17.4 Å². The molecule has 0 bridgehead atoms. The Morgan fingerprint density at radius 1 is 1.31 bits per heavy atom. The molecule has 138 valence electrons. The Labute approximate surface area is 151 Å². The number of amides is 1. The molecular weight excluding hydrogens is 367 g/mol. The number of aromatic nitrogens is 4. The molecule has 1 amide bonds.